The van der Waals surface area contributed by atoms with Crippen LogP contribution in [0.4, 0.5) is 5.69 Å². The first-order chi connectivity index (χ1) is 17.0. The van der Waals surface area contributed by atoms with Gasteiger partial charge in [-0.2, -0.15) is 0 Å². The van der Waals surface area contributed by atoms with E-state index in [0.29, 0.717) is 42.8 Å². The number of rotatable bonds is 8. The molecule has 188 valence electrons. The number of hydrogen-bond acceptors (Lipinski definition) is 4. The molecule has 2 amide bonds. The van der Waals surface area contributed by atoms with E-state index in [1.165, 1.54) is 5.56 Å². The maximum atomic E-state index is 13.6. The van der Waals surface area contributed by atoms with E-state index in [9.17, 15) is 9.59 Å². The lowest BCUT2D eigenvalue weighted by atomic mass is 9.88. The van der Waals surface area contributed by atoms with Gasteiger partial charge in [0.1, 0.15) is 6.04 Å². The van der Waals surface area contributed by atoms with Crippen LogP contribution in [0.3, 0.4) is 0 Å². The summed E-state index contributed by atoms with van der Waals surface area (Å²) in [5, 5.41) is 10.4. The van der Waals surface area contributed by atoms with Crippen molar-refractivity contribution < 1.29 is 9.59 Å². The monoisotopic (exact) mass is 496 g/mol. The molecule has 0 saturated carbocycles. The van der Waals surface area contributed by atoms with Gasteiger partial charge in [-0.15, -0.1) is 0 Å². The maximum absolute atomic E-state index is 13.6. The van der Waals surface area contributed by atoms with Gasteiger partial charge in [0.15, 0.2) is 0 Å². The molecule has 0 radical (unpaired) electrons. The molecule has 6 nitrogen and oxygen atoms in total. The van der Waals surface area contributed by atoms with Crippen molar-refractivity contribution in [2.75, 3.05) is 38.5 Å². The van der Waals surface area contributed by atoms with Crippen LogP contribution in [-0.2, 0) is 16.0 Å². The van der Waals surface area contributed by atoms with E-state index < -0.39 is 6.04 Å². The Hall–Kier alpha value is -2.57. The quantitative estimate of drug-likeness (QED) is 0.512. The van der Waals surface area contributed by atoms with Crippen molar-refractivity contribution in [3.05, 3.63) is 64.7 Å². The number of benzene rings is 2. The van der Waals surface area contributed by atoms with Crippen molar-refractivity contribution in [2.24, 2.45) is 5.92 Å². The summed E-state index contributed by atoms with van der Waals surface area (Å²) < 4.78 is 0. The summed E-state index contributed by atoms with van der Waals surface area (Å²) in [7, 11) is 1.95. The number of hydrogen-bond donors (Lipinski definition) is 3. The van der Waals surface area contributed by atoms with Crippen molar-refractivity contribution in [1.82, 2.24) is 15.5 Å². The molecule has 7 heteroatoms. The second-order valence-electron chi connectivity index (χ2n) is 9.78. The Labute approximate surface area is 213 Å². The fourth-order valence-electron chi connectivity index (χ4n) is 5.37. The second kappa shape index (κ2) is 12.4. The van der Waals surface area contributed by atoms with E-state index in [1.54, 1.807) is 0 Å². The SMILES string of the molecule is CNc1ccccc1C1CCN(C(=O)[C@@H](Cc2ccc(Cl)cc2)NC(=O)CC2CCNCC2)CC1. The van der Waals surface area contributed by atoms with Gasteiger partial charge in [-0.25, -0.2) is 0 Å². The third-order valence-electron chi connectivity index (χ3n) is 7.40. The molecule has 2 fully saturated rings. The summed E-state index contributed by atoms with van der Waals surface area (Å²) in [6, 6.07) is 15.4. The van der Waals surface area contributed by atoms with Gasteiger partial charge < -0.3 is 20.9 Å². The molecule has 2 aliphatic heterocycles. The highest BCUT2D eigenvalue weighted by Gasteiger charge is 2.31. The largest absolute Gasteiger partial charge is 0.388 e. The van der Waals surface area contributed by atoms with Gasteiger partial charge in [-0.05, 0) is 79.9 Å². The zero-order valence-corrected chi connectivity index (χ0v) is 21.3. The average Bonchev–Trinajstić information content (AvgIpc) is 2.90. The van der Waals surface area contributed by atoms with E-state index in [2.05, 4.69) is 34.1 Å². The first kappa shape index (κ1) is 25.5. The molecule has 2 saturated heterocycles. The van der Waals surface area contributed by atoms with Crippen molar-refractivity contribution in [3.8, 4) is 0 Å². The number of halogens is 1. The number of nitrogens with zero attached hydrogens (tertiary/aromatic N) is 1. The van der Waals surface area contributed by atoms with Crippen LogP contribution < -0.4 is 16.0 Å². The third kappa shape index (κ3) is 6.98. The van der Waals surface area contributed by atoms with Crippen LogP contribution in [0.25, 0.3) is 0 Å². The molecule has 35 heavy (non-hydrogen) atoms. The molecule has 0 bridgehead atoms. The summed E-state index contributed by atoms with van der Waals surface area (Å²) >= 11 is 6.06. The molecule has 2 aliphatic rings. The van der Waals surface area contributed by atoms with Gasteiger partial charge in [0.25, 0.3) is 0 Å². The lowest BCUT2D eigenvalue weighted by molar-refractivity contribution is -0.137. The van der Waals surface area contributed by atoms with Crippen molar-refractivity contribution >= 4 is 29.1 Å². The Kier molecular flexibility index (Phi) is 9.05. The predicted octanol–water partition coefficient (Wildman–Crippen LogP) is 4.20. The van der Waals surface area contributed by atoms with Crippen LogP contribution >= 0.6 is 11.6 Å². The number of piperidine rings is 2. The van der Waals surface area contributed by atoms with Gasteiger partial charge in [0.05, 0.1) is 0 Å². The van der Waals surface area contributed by atoms with Gasteiger partial charge >= 0.3 is 0 Å². The topological polar surface area (TPSA) is 73.5 Å². The fraction of sp³-hybridized carbons (Fsp3) is 0.500. The Morgan fingerprint density at radius 2 is 1.71 bits per heavy atom. The van der Waals surface area contributed by atoms with Gasteiger partial charge in [0.2, 0.25) is 11.8 Å². The molecule has 1 atom stereocenters. The van der Waals surface area contributed by atoms with Crippen LogP contribution in [0.2, 0.25) is 5.02 Å². The Morgan fingerprint density at radius 1 is 1.03 bits per heavy atom. The summed E-state index contributed by atoms with van der Waals surface area (Å²) in [6.45, 7) is 3.30. The van der Waals surface area contributed by atoms with Crippen LogP contribution in [-0.4, -0.2) is 56.0 Å². The van der Waals surface area contributed by atoms with Gasteiger partial charge in [-0.3, -0.25) is 9.59 Å². The normalized spacial score (nSPS) is 18.2. The van der Waals surface area contributed by atoms with Crippen LogP contribution in [0.15, 0.2) is 48.5 Å². The van der Waals surface area contributed by atoms with E-state index in [4.69, 9.17) is 11.6 Å². The summed E-state index contributed by atoms with van der Waals surface area (Å²) in [5.74, 6) is 0.790. The lowest BCUT2D eigenvalue weighted by Crippen LogP contribution is -2.51. The molecule has 0 unspecified atom stereocenters. The molecular formula is C28H37ClN4O2. The maximum Gasteiger partial charge on any atom is 0.245 e. The zero-order chi connectivity index (χ0) is 24.6. The van der Waals surface area contributed by atoms with Crippen LogP contribution in [0.1, 0.15) is 49.1 Å². The first-order valence-corrected chi connectivity index (χ1v) is 13.2. The van der Waals surface area contributed by atoms with Crippen LogP contribution in [0.5, 0.6) is 0 Å². The smallest absolute Gasteiger partial charge is 0.245 e. The Morgan fingerprint density at radius 3 is 2.40 bits per heavy atom. The van der Waals surface area contributed by atoms with E-state index in [1.807, 2.05) is 42.3 Å². The molecule has 3 N–H and O–H groups in total. The van der Waals surface area contributed by atoms with Gasteiger partial charge in [0, 0.05) is 43.7 Å². The summed E-state index contributed by atoms with van der Waals surface area (Å²) in [5.41, 5.74) is 3.46. The first-order valence-electron chi connectivity index (χ1n) is 12.8. The average molecular weight is 497 g/mol. The number of carbonyl (C=O) groups is 2. The third-order valence-corrected chi connectivity index (χ3v) is 7.65. The summed E-state index contributed by atoms with van der Waals surface area (Å²) in [6.07, 6.45) is 4.79. The lowest BCUT2D eigenvalue weighted by Gasteiger charge is -2.35. The van der Waals surface area contributed by atoms with E-state index >= 15 is 0 Å². The molecule has 2 aromatic carbocycles. The number of para-hydroxylation sites is 1. The number of likely N-dealkylation sites (tertiary alicyclic amines) is 1. The van der Waals surface area contributed by atoms with E-state index in [0.717, 1.165) is 50.0 Å². The standard InChI is InChI=1S/C28H37ClN4O2/c1-30-25-5-3-2-4-24(25)22-12-16-33(17-13-22)28(35)26(18-20-6-8-23(29)9-7-20)32-27(34)19-21-10-14-31-15-11-21/h2-9,21-22,26,30-31H,10-19H2,1H3,(H,32,34)/t26-/m1/s1. The second-order valence-corrected chi connectivity index (χ2v) is 10.2. The number of amides is 2. The zero-order valence-electron chi connectivity index (χ0n) is 20.6. The highest BCUT2D eigenvalue weighted by atomic mass is 35.5. The highest BCUT2D eigenvalue weighted by Crippen LogP contribution is 2.33. The molecule has 0 aliphatic carbocycles. The number of anilines is 1. The molecule has 0 spiro atoms. The minimum absolute atomic E-state index is 0.0129. The molecule has 4 rings (SSSR count). The fourth-order valence-corrected chi connectivity index (χ4v) is 5.50. The molecule has 0 aromatic heterocycles. The van der Waals surface area contributed by atoms with E-state index in [-0.39, 0.29) is 11.8 Å². The summed E-state index contributed by atoms with van der Waals surface area (Å²) in [4.78, 5) is 28.5. The van der Waals surface area contributed by atoms with Gasteiger partial charge in [-0.1, -0.05) is 41.9 Å². The Bertz CT molecular complexity index is 983. The predicted molar refractivity (Wildman–Crippen MR) is 142 cm³/mol. The molecular weight excluding hydrogens is 460 g/mol. The Balaban J connectivity index is 1.41. The number of carbonyl (C=O) groups excluding carboxylic acids is 2. The molecule has 2 aromatic rings. The van der Waals surface area contributed by atoms with Crippen molar-refractivity contribution in [1.29, 1.82) is 0 Å². The van der Waals surface area contributed by atoms with Crippen LogP contribution in [0, 0.1) is 5.92 Å². The highest BCUT2D eigenvalue weighted by molar-refractivity contribution is 6.30. The molecule has 2 heterocycles. The minimum atomic E-state index is -0.563. The number of nitrogens with one attached hydrogen (secondary N) is 3. The minimum Gasteiger partial charge on any atom is -0.388 e. The van der Waals surface area contributed by atoms with Crippen molar-refractivity contribution in [2.45, 2.75) is 50.5 Å². The van der Waals surface area contributed by atoms with Crippen molar-refractivity contribution in [3.63, 3.8) is 0 Å².